The lowest BCUT2D eigenvalue weighted by Crippen LogP contribution is -2.41. The second-order valence-electron chi connectivity index (χ2n) is 5.97. The van der Waals surface area contributed by atoms with Gasteiger partial charge < -0.3 is 10.4 Å². The first kappa shape index (κ1) is 15.9. The zero-order valence-corrected chi connectivity index (χ0v) is 12.7. The van der Waals surface area contributed by atoms with E-state index in [9.17, 15) is 15.2 Å². The van der Waals surface area contributed by atoms with Crippen molar-refractivity contribution in [1.29, 1.82) is 0 Å². The SMILES string of the molecule is Cc1c(C(C)NC2CCCCC2CO)cccc1[N+](=O)[O-]. The highest BCUT2D eigenvalue weighted by Gasteiger charge is 2.26. The van der Waals surface area contributed by atoms with Gasteiger partial charge in [-0.2, -0.15) is 0 Å². The van der Waals surface area contributed by atoms with Gasteiger partial charge in [0.05, 0.1) is 4.92 Å². The summed E-state index contributed by atoms with van der Waals surface area (Å²) in [6.07, 6.45) is 4.46. The summed E-state index contributed by atoms with van der Waals surface area (Å²) in [6.45, 7) is 4.05. The van der Waals surface area contributed by atoms with Crippen LogP contribution in [0.15, 0.2) is 18.2 Å². The number of nitro benzene ring substituents is 1. The van der Waals surface area contributed by atoms with Gasteiger partial charge in [0.25, 0.3) is 5.69 Å². The van der Waals surface area contributed by atoms with Gasteiger partial charge in [-0.3, -0.25) is 10.1 Å². The summed E-state index contributed by atoms with van der Waals surface area (Å²) in [5.41, 5.74) is 1.86. The van der Waals surface area contributed by atoms with E-state index in [1.165, 1.54) is 12.8 Å². The van der Waals surface area contributed by atoms with Crippen molar-refractivity contribution in [3.63, 3.8) is 0 Å². The van der Waals surface area contributed by atoms with Crippen LogP contribution in [0.25, 0.3) is 0 Å². The second-order valence-corrected chi connectivity index (χ2v) is 5.97. The third kappa shape index (κ3) is 3.60. The number of aliphatic hydroxyl groups is 1. The average Bonchev–Trinajstić information content (AvgIpc) is 2.47. The Hall–Kier alpha value is -1.46. The third-order valence-corrected chi connectivity index (χ3v) is 4.62. The van der Waals surface area contributed by atoms with Gasteiger partial charge in [-0.15, -0.1) is 0 Å². The molecule has 0 aliphatic heterocycles. The van der Waals surface area contributed by atoms with Crippen molar-refractivity contribution in [3.05, 3.63) is 39.4 Å². The first-order chi connectivity index (χ1) is 10.0. The maximum Gasteiger partial charge on any atom is 0.272 e. The van der Waals surface area contributed by atoms with Gasteiger partial charge in [-0.1, -0.05) is 25.0 Å². The molecule has 0 heterocycles. The van der Waals surface area contributed by atoms with Crippen molar-refractivity contribution < 1.29 is 10.0 Å². The number of nitrogens with zero attached hydrogens (tertiary/aromatic N) is 1. The van der Waals surface area contributed by atoms with E-state index in [4.69, 9.17) is 0 Å². The largest absolute Gasteiger partial charge is 0.396 e. The number of aliphatic hydroxyl groups excluding tert-OH is 1. The van der Waals surface area contributed by atoms with Crippen LogP contribution >= 0.6 is 0 Å². The Labute approximate surface area is 125 Å². The van der Waals surface area contributed by atoms with Gasteiger partial charge >= 0.3 is 0 Å². The van der Waals surface area contributed by atoms with Gasteiger partial charge in [0.2, 0.25) is 0 Å². The fourth-order valence-electron chi connectivity index (χ4n) is 3.36. The Bertz CT molecular complexity index is 504. The smallest absolute Gasteiger partial charge is 0.272 e. The van der Waals surface area contributed by atoms with Crippen LogP contribution in [0.5, 0.6) is 0 Å². The van der Waals surface area contributed by atoms with E-state index in [-0.39, 0.29) is 29.3 Å². The van der Waals surface area contributed by atoms with Crippen molar-refractivity contribution in [3.8, 4) is 0 Å². The summed E-state index contributed by atoms with van der Waals surface area (Å²) in [4.78, 5) is 10.7. The summed E-state index contributed by atoms with van der Waals surface area (Å²) in [7, 11) is 0. The number of hydrogen-bond acceptors (Lipinski definition) is 4. The minimum absolute atomic E-state index is 0.0436. The molecular weight excluding hydrogens is 268 g/mol. The van der Waals surface area contributed by atoms with Gasteiger partial charge in [0.1, 0.15) is 0 Å². The van der Waals surface area contributed by atoms with E-state index < -0.39 is 0 Å². The molecule has 5 nitrogen and oxygen atoms in total. The van der Waals surface area contributed by atoms with Crippen LogP contribution in [0.4, 0.5) is 5.69 Å². The van der Waals surface area contributed by atoms with Crippen LogP contribution in [-0.4, -0.2) is 22.7 Å². The summed E-state index contributed by atoms with van der Waals surface area (Å²) < 4.78 is 0. The number of rotatable bonds is 5. The lowest BCUT2D eigenvalue weighted by Gasteiger charge is -2.33. The monoisotopic (exact) mass is 292 g/mol. The molecule has 1 aromatic carbocycles. The maximum atomic E-state index is 11.0. The molecule has 1 saturated carbocycles. The van der Waals surface area contributed by atoms with Crippen molar-refractivity contribution in [2.24, 2.45) is 5.92 Å². The van der Waals surface area contributed by atoms with Crippen LogP contribution in [-0.2, 0) is 0 Å². The van der Waals surface area contributed by atoms with Crippen LogP contribution < -0.4 is 5.32 Å². The first-order valence-corrected chi connectivity index (χ1v) is 7.65. The molecule has 3 atom stereocenters. The predicted molar refractivity (Wildman–Crippen MR) is 82.2 cm³/mol. The highest BCUT2D eigenvalue weighted by molar-refractivity contribution is 5.45. The number of hydrogen-bond donors (Lipinski definition) is 2. The Morgan fingerprint density at radius 3 is 2.81 bits per heavy atom. The average molecular weight is 292 g/mol. The van der Waals surface area contributed by atoms with Crippen molar-refractivity contribution >= 4 is 5.69 Å². The zero-order chi connectivity index (χ0) is 15.4. The summed E-state index contributed by atoms with van der Waals surface area (Å²) in [5, 5.41) is 24.1. The third-order valence-electron chi connectivity index (χ3n) is 4.62. The number of benzene rings is 1. The summed E-state index contributed by atoms with van der Waals surface area (Å²) in [5.74, 6) is 0.292. The van der Waals surface area contributed by atoms with Crippen molar-refractivity contribution in [2.75, 3.05) is 6.61 Å². The van der Waals surface area contributed by atoms with Crippen LogP contribution in [0.2, 0.25) is 0 Å². The normalized spacial score (nSPS) is 23.8. The maximum absolute atomic E-state index is 11.0. The van der Waals surface area contributed by atoms with Gasteiger partial charge in [0, 0.05) is 30.3 Å². The van der Waals surface area contributed by atoms with Crippen molar-refractivity contribution in [2.45, 2.75) is 51.6 Å². The minimum Gasteiger partial charge on any atom is -0.396 e. The Kier molecular flexibility index (Phi) is 5.31. The van der Waals surface area contributed by atoms with E-state index in [2.05, 4.69) is 5.32 Å². The molecule has 3 unspecified atom stereocenters. The van der Waals surface area contributed by atoms with Gasteiger partial charge in [-0.05, 0) is 38.2 Å². The van der Waals surface area contributed by atoms with E-state index in [0.717, 1.165) is 24.0 Å². The standard InChI is InChI=1S/C16H24N2O3/c1-11-14(7-5-9-16(11)18(20)21)12(2)17-15-8-4-3-6-13(15)10-19/h5,7,9,12-13,15,17,19H,3-4,6,8,10H2,1-2H3. The van der Waals surface area contributed by atoms with E-state index in [0.29, 0.717) is 5.92 Å². The quantitative estimate of drug-likeness (QED) is 0.646. The molecule has 0 radical (unpaired) electrons. The molecule has 0 spiro atoms. The highest BCUT2D eigenvalue weighted by Crippen LogP contribution is 2.29. The van der Waals surface area contributed by atoms with Crippen LogP contribution in [0.3, 0.4) is 0 Å². The lowest BCUT2D eigenvalue weighted by atomic mass is 9.84. The number of nitro groups is 1. The van der Waals surface area contributed by atoms with Crippen molar-refractivity contribution in [1.82, 2.24) is 5.32 Å². The van der Waals surface area contributed by atoms with E-state index in [1.807, 2.05) is 13.0 Å². The molecule has 1 aliphatic carbocycles. The Morgan fingerprint density at radius 2 is 2.14 bits per heavy atom. The fourth-order valence-corrected chi connectivity index (χ4v) is 3.36. The lowest BCUT2D eigenvalue weighted by molar-refractivity contribution is -0.385. The topological polar surface area (TPSA) is 75.4 Å². The molecular formula is C16H24N2O3. The molecule has 116 valence electrons. The molecule has 0 saturated heterocycles. The molecule has 1 aliphatic rings. The molecule has 0 amide bonds. The number of nitrogens with one attached hydrogen (secondary N) is 1. The second kappa shape index (κ2) is 7.00. The molecule has 5 heteroatoms. The molecule has 21 heavy (non-hydrogen) atoms. The Morgan fingerprint density at radius 1 is 1.43 bits per heavy atom. The predicted octanol–water partition coefficient (Wildman–Crippen LogP) is 3.10. The zero-order valence-electron chi connectivity index (χ0n) is 12.7. The van der Waals surface area contributed by atoms with Crippen LogP contribution in [0.1, 0.15) is 49.8 Å². The van der Waals surface area contributed by atoms with E-state index >= 15 is 0 Å². The molecule has 0 bridgehead atoms. The first-order valence-electron chi connectivity index (χ1n) is 7.65. The molecule has 2 N–H and O–H groups in total. The molecule has 2 rings (SSSR count). The van der Waals surface area contributed by atoms with Gasteiger partial charge in [0.15, 0.2) is 0 Å². The summed E-state index contributed by atoms with van der Waals surface area (Å²) in [6, 6.07) is 5.56. The molecule has 1 aromatic rings. The van der Waals surface area contributed by atoms with Gasteiger partial charge in [-0.25, -0.2) is 0 Å². The minimum atomic E-state index is -0.331. The summed E-state index contributed by atoms with van der Waals surface area (Å²) >= 11 is 0. The Balaban J connectivity index is 2.14. The highest BCUT2D eigenvalue weighted by atomic mass is 16.6. The van der Waals surface area contributed by atoms with Crippen LogP contribution in [0, 0.1) is 23.0 Å². The molecule has 0 aromatic heterocycles. The fraction of sp³-hybridized carbons (Fsp3) is 0.625. The molecule has 1 fully saturated rings. The van der Waals surface area contributed by atoms with E-state index in [1.54, 1.807) is 19.1 Å².